The molecule has 0 heterocycles. The highest BCUT2D eigenvalue weighted by molar-refractivity contribution is 6.11. The number of nitrogens with zero attached hydrogens (tertiary/aromatic N) is 1. The number of carbonyl (C=O) groups is 1. The molecular weight excluding hydrogens is 260 g/mol. The van der Waals surface area contributed by atoms with E-state index in [1.807, 2.05) is 66.7 Å². The number of para-hydroxylation sites is 1. The van der Waals surface area contributed by atoms with Gasteiger partial charge in [-0.05, 0) is 35.0 Å². The normalized spacial score (nSPS) is 10.5. The molecule has 0 aliphatic rings. The van der Waals surface area contributed by atoms with Crippen molar-refractivity contribution in [1.29, 1.82) is 0 Å². The van der Waals surface area contributed by atoms with Gasteiger partial charge in [0.05, 0.1) is 5.56 Å². The molecule has 0 spiro atoms. The minimum Gasteiger partial charge on any atom is -0.398 e. The summed E-state index contributed by atoms with van der Waals surface area (Å²) in [5.41, 5.74) is 7.93. The van der Waals surface area contributed by atoms with Crippen LogP contribution in [0.3, 0.4) is 0 Å². The molecule has 104 valence electrons. The lowest BCUT2D eigenvalue weighted by atomic mass is 10.0. The fourth-order valence-electron chi connectivity index (χ4n) is 2.39. The first-order valence-electron chi connectivity index (χ1n) is 6.78. The fourth-order valence-corrected chi connectivity index (χ4v) is 2.39. The zero-order valence-electron chi connectivity index (χ0n) is 11.8. The van der Waals surface area contributed by atoms with Crippen LogP contribution in [0.15, 0.2) is 66.7 Å². The summed E-state index contributed by atoms with van der Waals surface area (Å²) in [5.74, 6) is -0.107. The summed E-state index contributed by atoms with van der Waals surface area (Å²) in [4.78, 5) is 14.3. The molecule has 0 aromatic heterocycles. The van der Waals surface area contributed by atoms with Gasteiger partial charge in [-0.1, -0.05) is 42.5 Å². The summed E-state index contributed by atoms with van der Waals surface area (Å²) >= 11 is 0. The molecule has 3 aromatic carbocycles. The quantitative estimate of drug-likeness (QED) is 0.725. The fraction of sp³-hybridized carbons (Fsp3) is 0.0556. The number of amides is 1. The average Bonchev–Trinajstić information content (AvgIpc) is 2.53. The summed E-state index contributed by atoms with van der Waals surface area (Å²) < 4.78 is 0. The van der Waals surface area contributed by atoms with Gasteiger partial charge in [-0.25, -0.2) is 0 Å². The van der Waals surface area contributed by atoms with E-state index in [1.165, 1.54) is 0 Å². The Bertz CT molecular complexity index is 797. The number of nitrogen functional groups attached to an aromatic ring is 1. The molecule has 3 aromatic rings. The molecule has 0 unspecified atom stereocenters. The number of hydrogen-bond acceptors (Lipinski definition) is 2. The second kappa shape index (κ2) is 5.29. The molecule has 21 heavy (non-hydrogen) atoms. The van der Waals surface area contributed by atoms with Gasteiger partial charge in [-0.2, -0.15) is 0 Å². The molecule has 3 rings (SSSR count). The van der Waals surface area contributed by atoms with Gasteiger partial charge in [0.1, 0.15) is 0 Å². The molecular formula is C18H16N2O. The lowest BCUT2D eigenvalue weighted by Crippen LogP contribution is -2.26. The van der Waals surface area contributed by atoms with Gasteiger partial charge < -0.3 is 10.6 Å². The number of rotatable bonds is 2. The molecule has 0 saturated carbocycles. The molecule has 0 radical (unpaired) electrons. The monoisotopic (exact) mass is 276 g/mol. The molecule has 3 heteroatoms. The Kier molecular flexibility index (Phi) is 3.32. The molecule has 0 saturated heterocycles. The first kappa shape index (κ1) is 13.2. The Morgan fingerprint density at radius 3 is 2.14 bits per heavy atom. The summed E-state index contributed by atoms with van der Waals surface area (Å²) in [6.45, 7) is 0. The zero-order chi connectivity index (χ0) is 14.8. The molecule has 0 bridgehead atoms. The number of carbonyl (C=O) groups excluding carboxylic acids is 1. The van der Waals surface area contributed by atoms with Gasteiger partial charge >= 0.3 is 0 Å². The lowest BCUT2D eigenvalue weighted by Gasteiger charge is -2.18. The van der Waals surface area contributed by atoms with E-state index in [-0.39, 0.29) is 5.91 Å². The number of nitrogens with two attached hydrogens (primary N) is 1. The van der Waals surface area contributed by atoms with Crippen LogP contribution in [0, 0.1) is 0 Å². The Morgan fingerprint density at radius 1 is 0.905 bits per heavy atom. The predicted molar refractivity (Wildman–Crippen MR) is 87.5 cm³/mol. The van der Waals surface area contributed by atoms with Crippen molar-refractivity contribution < 1.29 is 4.79 Å². The van der Waals surface area contributed by atoms with E-state index in [0.717, 1.165) is 16.5 Å². The highest BCUT2D eigenvalue weighted by Gasteiger charge is 2.16. The van der Waals surface area contributed by atoms with E-state index in [0.29, 0.717) is 11.3 Å². The van der Waals surface area contributed by atoms with Crippen molar-refractivity contribution in [2.75, 3.05) is 17.7 Å². The average molecular weight is 276 g/mol. The molecule has 0 aliphatic heterocycles. The van der Waals surface area contributed by atoms with E-state index < -0.39 is 0 Å². The third kappa shape index (κ3) is 2.46. The van der Waals surface area contributed by atoms with Crippen molar-refractivity contribution in [1.82, 2.24) is 0 Å². The molecule has 3 nitrogen and oxygen atoms in total. The highest BCUT2D eigenvalue weighted by Crippen LogP contribution is 2.24. The number of anilines is 2. The van der Waals surface area contributed by atoms with E-state index in [9.17, 15) is 4.79 Å². The summed E-state index contributed by atoms with van der Waals surface area (Å²) in [6, 6.07) is 21.1. The van der Waals surface area contributed by atoms with E-state index in [2.05, 4.69) is 0 Å². The van der Waals surface area contributed by atoms with E-state index >= 15 is 0 Å². The molecule has 0 atom stereocenters. The van der Waals surface area contributed by atoms with Gasteiger partial charge in [0.15, 0.2) is 0 Å². The van der Waals surface area contributed by atoms with Crippen LogP contribution in [0.4, 0.5) is 11.4 Å². The maximum Gasteiger partial charge on any atom is 0.260 e. The lowest BCUT2D eigenvalue weighted by molar-refractivity contribution is 0.0994. The van der Waals surface area contributed by atoms with E-state index in [1.54, 1.807) is 11.9 Å². The Balaban J connectivity index is 2.03. The van der Waals surface area contributed by atoms with Crippen LogP contribution in [0.1, 0.15) is 10.4 Å². The molecule has 2 N–H and O–H groups in total. The molecule has 0 aliphatic carbocycles. The number of fused-ring (bicyclic) bond motifs is 1. The van der Waals surface area contributed by atoms with Crippen molar-refractivity contribution in [2.24, 2.45) is 0 Å². The maximum absolute atomic E-state index is 12.7. The largest absolute Gasteiger partial charge is 0.398 e. The molecule has 1 amide bonds. The first-order chi connectivity index (χ1) is 10.2. The minimum atomic E-state index is -0.107. The smallest absolute Gasteiger partial charge is 0.260 e. The SMILES string of the molecule is CN(C(=O)c1cc2ccccc2cc1N)c1ccccc1. The summed E-state index contributed by atoms with van der Waals surface area (Å²) in [6.07, 6.45) is 0. The topological polar surface area (TPSA) is 46.3 Å². The van der Waals surface area contributed by atoms with Crippen molar-refractivity contribution >= 4 is 28.1 Å². The zero-order valence-corrected chi connectivity index (χ0v) is 11.8. The van der Waals surface area contributed by atoms with Crippen molar-refractivity contribution in [3.63, 3.8) is 0 Å². The second-order valence-electron chi connectivity index (χ2n) is 4.99. The first-order valence-corrected chi connectivity index (χ1v) is 6.78. The van der Waals surface area contributed by atoms with Crippen LogP contribution in [-0.4, -0.2) is 13.0 Å². The van der Waals surface area contributed by atoms with Gasteiger partial charge in [-0.15, -0.1) is 0 Å². The van der Waals surface area contributed by atoms with Gasteiger partial charge in [0, 0.05) is 18.4 Å². The minimum absolute atomic E-state index is 0.107. The van der Waals surface area contributed by atoms with Gasteiger partial charge in [0.2, 0.25) is 0 Å². The van der Waals surface area contributed by atoms with Gasteiger partial charge in [-0.3, -0.25) is 4.79 Å². The number of benzene rings is 3. The van der Waals surface area contributed by atoms with Crippen LogP contribution in [0.25, 0.3) is 10.8 Å². The Morgan fingerprint density at radius 2 is 1.48 bits per heavy atom. The summed E-state index contributed by atoms with van der Waals surface area (Å²) in [5, 5.41) is 2.05. The van der Waals surface area contributed by atoms with E-state index in [4.69, 9.17) is 5.73 Å². The predicted octanol–water partition coefficient (Wildman–Crippen LogP) is 3.70. The standard InChI is InChI=1S/C18H16N2O/c1-20(15-9-3-2-4-10-15)18(21)16-11-13-7-5-6-8-14(13)12-17(16)19/h2-12H,19H2,1H3. The van der Waals surface area contributed by atoms with Crippen molar-refractivity contribution in [3.8, 4) is 0 Å². The highest BCUT2D eigenvalue weighted by atomic mass is 16.2. The molecule has 0 fully saturated rings. The third-order valence-corrected chi connectivity index (χ3v) is 3.60. The van der Waals surface area contributed by atoms with Crippen LogP contribution in [0.5, 0.6) is 0 Å². The van der Waals surface area contributed by atoms with Crippen molar-refractivity contribution in [3.05, 3.63) is 72.3 Å². The Labute approximate surface area is 123 Å². The van der Waals surface area contributed by atoms with Gasteiger partial charge in [0.25, 0.3) is 5.91 Å². The van der Waals surface area contributed by atoms with Crippen LogP contribution >= 0.6 is 0 Å². The van der Waals surface area contributed by atoms with Crippen LogP contribution < -0.4 is 10.6 Å². The third-order valence-electron chi connectivity index (χ3n) is 3.60. The second-order valence-corrected chi connectivity index (χ2v) is 4.99. The van der Waals surface area contributed by atoms with Crippen molar-refractivity contribution in [2.45, 2.75) is 0 Å². The van der Waals surface area contributed by atoms with Crippen LogP contribution in [0.2, 0.25) is 0 Å². The Hall–Kier alpha value is -2.81. The summed E-state index contributed by atoms with van der Waals surface area (Å²) in [7, 11) is 1.76. The maximum atomic E-state index is 12.7. The number of hydrogen-bond donors (Lipinski definition) is 1. The van der Waals surface area contributed by atoms with Crippen LogP contribution in [-0.2, 0) is 0 Å².